The van der Waals surface area contributed by atoms with Crippen LogP contribution in [0.25, 0.3) is 0 Å². The van der Waals surface area contributed by atoms with E-state index >= 15 is 0 Å². The van der Waals surface area contributed by atoms with Gasteiger partial charge >= 0.3 is 0 Å². The third kappa shape index (κ3) is 3.95. The van der Waals surface area contributed by atoms with Crippen LogP contribution in [0.5, 0.6) is 0 Å². The summed E-state index contributed by atoms with van der Waals surface area (Å²) in [5.41, 5.74) is 0.863. The molecule has 88 valence electrons. The first-order valence-corrected chi connectivity index (χ1v) is 5.84. The zero-order chi connectivity index (χ0) is 12.0. The molecule has 0 saturated heterocycles. The van der Waals surface area contributed by atoms with E-state index < -0.39 is 0 Å². The van der Waals surface area contributed by atoms with Gasteiger partial charge in [-0.3, -0.25) is 4.98 Å². The highest BCUT2D eigenvalue weighted by molar-refractivity contribution is 9.10. The molecule has 0 spiro atoms. The highest BCUT2D eigenvalue weighted by atomic mass is 79.9. The number of aromatic nitrogens is 1. The van der Waals surface area contributed by atoms with Gasteiger partial charge in [0.25, 0.3) is 0 Å². The molecule has 1 heterocycles. The van der Waals surface area contributed by atoms with E-state index in [0.717, 1.165) is 14.6 Å². The van der Waals surface area contributed by atoms with Crippen molar-refractivity contribution in [3.05, 3.63) is 28.5 Å². The van der Waals surface area contributed by atoms with Crippen LogP contribution in [0.1, 0.15) is 12.1 Å². The minimum absolute atomic E-state index is 0.133. The molecular weight excluding hydrogens is 297 g/mol. The van der Waals surface area contributed by atoms with E-state index in [4.69, 9.17) is 11.7 Å². The van der Waals surface area contributed by atoms with Crippen LogP contribution in [0.15, 0.2) is 27.9 Å². The van der Waals surface area contributed by atoms with Crippen LogP contribution in [0.3, 0.4) is 0 Å². The minimum atomic E-state index is -0.133. The van der Waals surface area contributed by atoms with E-state index in [9.17, 15) is 3.89 Å². The van der Waals surface area contributed by atoms with Gasteiger partial charge in [-0.2, -0.15) is 5.10 Å². The lowest BCUT2D eigenvalue weighted by atomic mass is 10.2. The van der Waals surface area contributed by atoms with Crippen molar-refractivity contribution >= 4 is 34.1 Å². The summed E-state index contributed by atoms with van der Waals surface area (Å²) in [5, 5.41) is 3.41. The first-order valence-electron chi connectivity index (χ1n) is 4.38. The second-order valence-electron chi connectivity index (χ2n) is 2.91. The van der Waals surface area contributed by atoms with E-state index in [1.165, 1.54) is 0 Å². The standard InChI is InChI=1S/C8H11BrFN5S/c9-6-1-2-7(13-5-6)3-4-8(14-11)15(12)16-10/h1-2,5H,3-4,11-12H2/b14-8-. The van der Waals surface area contributed by atoms with Gasteiger partial charge in [-0.1, -0.05) is 0 Å². The van der Waals surface area contributed by atoms with Gasteiger partial charge in [-0.25, -0.2) is 10.3 Å². The number of nitrogens with zero attached hydrogens (tertiary/aromatic N) is 3. The number of hydrazone groups is 1. The first-order chi connectivity index (χ1) is 7.67. The van der Waals surface area contributed by atoms with E-state index in [1.54, 1.807) is 6.20 Å². The summed E-state index contributed by atoms with van der Waals surface area (Å²) in [6, 6.07) is 3.74. The van der Waals surface area contributed by atoms with Gasteiger partial charge in [-0.15, -0.1) is 3.89 Å². The average molecular weight is 308 g/mol. The van der Waals surface area contributed by atoms with E-state index in [-0.39, 0.29) is 18.2 Å². The zero-order valence-corrected chi connectivity index (χ0v) is 10.7. The summed E-state index contributed by atoms with van der Waals surface area (Å²) in [6.07, 6.45) is 2.72. The fraction of sp³-hybridized carbons (Fsp3) is 0.250. The molecule has 0 atom stereocenters. The quantitative estimate of drug-likeness (QED) is 0.291. The number of nitrogens with two attached hydrogens (primary N) is 2. The Labute approximate surface area is 106 Å². The van der Waals surface area contributed by atoms with Crippen LogP contribution in [0.4, 0.5) is 3.89 Å². The largest absolute Gasteiger partial charge is 0.322 e. The summed E-state index contributed by atoms with van der Waals surface area (Å²) < 4.78 is 13.9. The van der Waals surface area contributed by atoms with Crippen molar-refractivity contribution in [3.8, 4) is 0 Å². The monoisotopic (exact) mass is 307 g/mol. The van der Waals surface area contributed by atoms with E-state index in [1.807, 2.05) is 12.1 Å². The van der Waals surface area contributed by atoms with Crippen molar-refractivity contribution in [3.63, 3.8) is 0 Å². The zero-order valence-electron chi connectivity index (χ0n) is 8.31. The van der Waals surface area contributed by atoms with Crippen molar-refractivity contribution in [2.24, 2.45) is 16.8 Å². The molecule has 1 aromatic rings. The molecular formula is C8H11BrFN5S. The molecule has 0 aliphatic rings. The highest BCUT2D eigenvalue weighted by Gasteiger charge is 2.08. The second-order valence-corrected chi connectivity index (χ2v) is 4.35. The number of halogens is 2. The summed E-state index contributed by atoms with van der Waals surface area (Å²) >= 11 is 3.15. The molecule has 0 unspecified atom stereocenters. The van der Waals surface area contributed by atoms with Crippen LogP contribution >= 0.6 is 28.3 Å². The molecule has 0 radical (unpaired) electrons. The van der Waals surface area contributed by atoms with Gasteiger partial charge in [0.15, 0.2) is 18.2 Å². The summed E-state index contributed by atoms with van der Waals surface area (Å²) in [6.45, 7) is 0. The Morgan fingerprint density at radius 2 is 2.38 bits per heavy atom. The Hall–Kier alpha value is -0.860. The number of hydrogen-bond donors (Lipinski definition) is 2. The maximum atomic E-state index is 12.2. The van der Waals surface area contributed by atoms with Crippen molar-refractivity contribution in [2.75, 3.05) is 0 Å². The number of aryl methyl sites for hydroxylation is 1. The summed E-state index contributed by atoms with van der Waals surface area (Å²) in [4.78, 5) is 4.17. The van der Waals surface area contributed by atoms with Crippen molar-refractivity contribution in [1.29, 1.82) is 0 Å². The third-order valence-corrected chi connectivity index (χ3v) is 2.70. The Morgan fingerprint density at radius 3 is 2.88 bits per heavy atom. The second kappa shape index (κ2) is 6.66. The Morgan fingerprint density at radius 1 is 1.62 bits per heavy atom. The topological polar surface area (TPSA) is 80.5 Å². The molecule has 1 rings (SSSR count). The van der Waals surface area contributed by atoms with E-state index in [0.29, 0.717) is 12.8 Å². The van der Waals surface area contributed by atoms with Gasteiger partial charge in [0, 0.05) is 22.8 Å². The average Bonchev–Trinajstić information content (AvgIpc) is 2.31. The number of rotatable bonds is 4. The number of pyridine rings is 1. The van der Waals surface area contributed by atoms with Crippen LogP contribution in [-0.4, -0.2) is 15.2 Å². The van der Waals surface area contributed by atoms with Gasteiger partial charge in [0.05, 0.1) is 0 Å². The maximum Gasteiger partial charge on any atom is 0.182 e. The normalized spacial score (nSPS) is 11.6. The third-order valence-electron chi connectivity index (χ3n) is 1.87. The summed E-state index contributed by atoms with van der Waals surface area (Å²) in [5.74, 6) is 10.7. The number of hydrazine groups is 1. The fourth-order valence-corrected chi connectivity index (χ4v) is 1.52. The Balaban J connectivity index is 2.53. The molecule has 8 heteroatoms. The van der Waals surface area contributed by atoms with Gasteiger partial charge < -0.3 is 5.84 Å². The molecule has 0 aliphatic heterocycles. The highest BCUT2D eigenvalue weighted by Crippen LogP contribution is 2.11. The smallest absolute Gasteiger partial charge is 0.182 e. The lowest BCUT2D eigenvalue weighted by Gasteiger charge is -2.12. The van der Waals surface area contributed by atoms with E-state index in [2.05, 4.69) is 26.0 Å². The predicted octanol–water partition coefficient (Wildman–Crippen LogP) is 1.76. The molecule has 0 aromatic carbocycles. The fourth-order valence-electron chi connectivity index (χ4n) is 1.07. The predicted molar refractivity (Wildman–Crippen MR) is 66.6 cm³/mol. The van der Waals surface area contributed by atoms with Crippen LogP contribution in [0.2, 0.25) is 0 Å². The van der Waals surface area contributed by atoms with Gasteiger partial charge in [0.2, 0.25) is 0 Å². The van der Waals surface area contributed by atoms with Crippen LogP contribution in [-0.2, 0) is 6.42 Å². The molecule has 5 nitrogen and oxygen atoms in total. The molecule has 0 bridgehead atoms. The maximum absolute atomic E-state index is 12.2. The number of amidine groups is 1. The molecule has 0 amide bonds. The number of hydrogen-bond acceptors (Lipinski definition) is 5. The molecule has 0 fully saturated rings. The lowest BCUT2D eigenvalue weighted by Crippen LogP contribution is -2.31. The molecule has 0 aliphatic carbocycles. The van der Waals surface area contributed by atoms with Crippen molar-refractivity contribution in [2.45, 2.75) is 12.8 Å². The summed E-state index contributed by atoms with van der Waals surface area (Å²) in [7, 11) is 0. The SMILES string of the molecule is N/N=C(/CCc1ccc(Br)cn1)N(N)SF. The molecule has 1 aromatic heterocycles. The van der Waals surface area contributed by atoms with Crippen molar-refractivity contribution in [1.82, 2.24) is 9.40 Å². The molecule has 0 saturated carbocycles. The Bertz CT molecular complexity index is 358. The first kappa shape index (κ1) is 13.2. The minimum Gasteiger partial charge on any atom is -0.322 e. The van der Waals surface area contributed by atoms with Crippen LogP contribution < -0.4 is 11.7 Å². The van der Waals surface area contributed by atoms with Crippen LogP contribution in [0, 0.1) is 0 Å². The van der Waals surface area contributed by atoms with Crippen molar-refractivity contribution < 1.29 is 3.89 Å². The Kier molecular flexibility index (Phi) is 5.50. The molecule has 16 heavy (non-hydrogen) atoms. The van der Waals surface area contributed by atoms with Gasteiger partial charge in [-0.05, 0) is 34.5 Å². The molecule has 4 N–H and O–H groups in total. The lowest BCUT2D eigenvalue weighted by molar-refractivity contribution is 0.665. The van der Waals surface area contributed by atoms with Gasteiger partial charge in [0.1, 0.15) is 0 Å².